The summed E-state index contributed by atoms with van der Waals surface area (Å²) in [6.45, 7) is 2.11. The summed E-state index contributed by atoms with van der Waals surface area (Å²) in [5, 5.41) is 13.2. The molecule has 2 heterocycles. The van der Waals surface area contributed by atoms with Crippen LogP contribution in [0.1, 0.15) is 40.0 Å². The number of esters is 1. The molecule has 0 aliphatic carbocycles. The maximum Gasteiger partial charge on any atom is 0.338 e. The molecule has 1 amide bonds. The SMILES string of the molecule is CCOC(=O)c1ccc(CN2C(=O)C(=O)/C(=C(\O)c3cccc4ccccc34)C2c2ccncc2)cc1. The smallest absolute Gasteiger partial charge is 0.338 e. The number of likely N-dealkylation sites (tertiary alicyclic amines) is 1. The Morgan fingerprint density at radius 1 is 0.946 bits per heavy atom. The van der Waals surface area contributed by atoms with Gasteiger partial charge in [-0.05, 0) is 53.1 Å². The summed E-state index contributed by atoms with van der Waals surface area (Å²) in [6, 6.07) is 22.3. The van der Waals surface area contributed by atoms with E-state index in [1.54, 1.807) is 67.8 Å². The highest BCUT2D eigenvalue weighted by atomic mass is 16.5. The third kappa shape index (κ3) is 4.47. The molecule has 1 saturated heterocycles. The lowest BCUT2D eigenvalue weighted by atomic mass is 9.93. The van der Waals surface area contributed by atoms with E-state index in [0.717, 1.165) is 16.3 Å². The van der Waals surface area contributed by atoms with Crippen molar-refractivity contribution in [3.05, 3.63) is 119 Å². The van der Waals surface area contributed by atoms with Gasteiger partial charge in [-0.2, -0.15) is 0 Å². The molecule has 0 saturated carbocycles. The first kappa shape index (κ1) is 23.9. The van der Waals surface area contributed by atoms with E-state index in [2.05, 4.69) is 4.98 Å². The van der Waals surface area contributed by atoms with Crippen LogP contribution in [0, 0.1) is 0 Å². The first-order valence-electron chi connectivity index (χ1n) is 11.9. The fourth-order valence-electron chi connectivity index (χ4n) is 4.67. The van der Waals surface area contributed by atoms with Crippen molar-refractivity contribution in [3.63, 3.8) is 0 Å². The number of pyridine rings is 1. The third-order valence-electron chi connectivity index (χ3n) is 6.42. The number of hydrogen-bond donors (Lipinski definition) is 1. The number of amides is 1. The number of benzene rings is 3. The van der Waals surface area contributed by atoms with Crippen molar-refractivity contribution in [1.82, 2.24) is 9.88 Å². The number of aliphatic hydroxyl groups is 1. The normalized spacial score (nSPS) is 16.8. The maximum absolute atomic E-state index is 13.4. The van der Waals surface area contributed by atoms with Gasteiger partial charge in [0.1, 0.15) is 5.76 Å². The van der Waals surface area contributed by atoms with Crippen LogP contribution in [0.25, 0.3) is 16.5 Å². The summed E-state index contributed by atoms with van der Waals surface area (Å²) < 4.78 is 5.03. The zero-order valence-electron chi connectivity index (χ0n) is 20.1. The molecule has 1 aliphatic heterocycles. The fraction of sp³-hybridized carbons (Fsp3) is 0.133. The van der Waals surface area contributed by atoms with E-state index in [0.29, 0.717) is 16.7 Å². The van der Waals surface area contributed by atoms with Crippen LogP contribution < -0.4 is 0 Å². The van der Waals surface area contributed by atoms with E-state index < -0.39 is 23.7 Å². The Kier molecular flexibility index (Phi) is 6.51. The molecule has 184 valence electrons. The van der Waals surface area contributed by atoms with Gasteiger partial charge in [0.25, 0.3) is 11.7 Å². The van der Waals surface area contributed by atoms with Crippen LogP contribution in [0.3, 0.4) is 0 Å². The monoisotopic (exact) mass is 492 g/mol. The molecule has 1 atom stereocenters. The minimum Gasteiger partial charge on any atom is -0.507 e. The van der Waals surface area contributed by atoms with Gasteiger partial charge in [-0.25, -0.2) is 4.79 Å². The molecule has 0 bridgehead atoms. The lowest BCUT2D eigenvalue weighted by Gasteiger charge is -2.25. The summed E-state index contributed by atoms with van der Waals surface area (Å²) in [6.07, 6.45) is 3.17. The largest absolute Gasteiger partial charge is 0.507 e. The Morgan fingerprint density at radius 3 is 2.38 bits per heavy atom. The molecular formula is C30H24N2O5. The number of fused-ring (bicyclic) bond motifs is 1. The van der Waals surface area contributed by atoms with E-state index in [1.807, 2.05) is 30.3 Å². The standard InChI is InChI=1S/C30H24N2O5/c1-2-37-30(36)22-12-10-19(11-13-22)18-32-26(21-14-16-31-17-15-21)25(28(34)29(32)35)27(33)24-9-5-7-20-6-3-4-8-23(20)24/h3-17,26,33H,2,18H2,1H3/b27-25-. The molecular weight excluding hydrogens is 468 g/mol. The van der Waals surface area contributed by atoms with Crippen molar-refractivity contribution in [3.8, 4) is 0 Å². The number of rotatable bonds is 6. The topological polar surface area (TPSA) is 96.8 Å². The van der Waals surface area contributed by atoms with Crippen molar-refractivity contribution < 1.29 is 24.2 Å². The highest BCUT2D eigenvalue weighted by Crippen LogP contribution is 2.41. The van der Waals surface area contributed by atoms with Crippen LogP contribution >= 0.6 is 0 Å². The Hall–Kier alpha value is -4.78. The number of ketones is 1. The quantitative estimate of drug-likeness (QED) is 0.175. The Morgan fingerprint density at radius 2 is 1.65 bits per heavy atom. The summed E-state index contributed by atoms with van der Waals surface area (Å²) in [5.74, 6) is -2.12. The van der Waals surface area contributed by atoms with E-state index in [4.69, 9.17) is 4.74 Å². The second-order valence-corrected chi connectivity index (χ2v) is 8.65. The zero-order valence-corrected chi connectivity index (χ0v) is 20.1. The maximum atomic E-state index is 13.4. The van der Waals surface area contributed by atoms with Gasteiger partial charge in [0.05, 0.1) is 23.8 Å². The number of carbonyl (C=O) groups excluding carboxylic acids is 3. The van der Waals surface area contributed by atoms with Gasteiger partial charge in [0, 0.05) is 24.5 Å². The number of aliphatic hydroxyl groups excluding tert-OH is 1. The Balaban J connectivity index is 1.59. The van der Waals surface area contributed by atoms with E-state index in [-0.39, 0.29) is 24.5 Å². The number of aromatic nitrogens is 1. The molecule has 1 unspecified atom stereocenters. The molecule has 37 heavy (non-hydrogen) atoms. The zero-order chi connectivity index (χ0) is 25.9. The molecule has 1 aromatic heterocycles. The van der Waals surface area contributed by atoms with E-state index >= 15 is 0 Å². The van der Waals surface area contributed by atoms with E-state index in [1.165, 1.54) is 4.90 Å². The lowest BCUT2D eigenvalue weighted by Crippen LogP contribution is -2.29. The highest BCUT2D eigenvalue weighted by molar-refractivity contribution is 6.46. The molecule has 4 aromatic rings. The van der Waals surface area contributed by atoms with Gasteiger partial charge in [0.15, 0.2) is 0 Å². The predicted molar refractivity (Wildman–Crippen MR) is 138 cm³/mol. The minimum absolute atomic E-state index is 0.0238. The summed E-state index contributed by atoms with van der Waals surface area (Å²) in [7, 11) is 0. The molecule has 0 spiro atoms. The number of carbonyl (C=O) groups is 3. The molecule has 1 aliphatic rings. The number of ether oxygens (including phenoxy) is 1. The molecule has 0 radical (unpaired) electrons. The fourth-order valence-corrected chi connectivity index (χ4v) is 4.67. The van der Waals surface area contributed by atoms with Gasteiger partial charge in [-0.15, -0.1) is 0 Å². The number of hydrogen-bond acceptors (Lipinski definition) is 6. The lowest BCUT2D eigenvalue weighted by molar-refractivity contribution is -0.140. The first-order valence-corrected chi connectivity index (χ1v) is 11.9. The Bertz CT molecular complexity index is 1520. The van der Waals surface area contributed by atoms with Crippen LogP contribution in [0.5, 0.6) is 0 Å². The van der Waals surface area contributed by atoms with Crippen LogP contribution in [0.15, 0.2) is 96.8 Å². The van der Waals surface area contributed by atoms with E-state index in [9.17, 15) is 19.5 Å². The van der Waals surface area contributed by atoms with Gasteiger partial charge < -0.3 is 14.7 Å². The second kappa shape index (κ2) is 10.1. The number of nitrogens with zero attached hydrogens (tertiary/aromatic N) is 2. The average Bonchev–Trinajstić information content (AvgIpc) is 3.18. The van der Waals surface area contributed by atoms with Crippen LogP contribution in [-0.4, -0.2) is 39.3 Å². The molecule has 5 rings (SSSR count). The van der Waals surface area contributed by atoms with Gasteiger partial charge in [-0.3, -0.25) is 14.6 Å². The third-order valence-corrected chi connectivity index (χ3v) is 6.42. The molecule has 1 fully saturated rings. The van der Waals surface area contributed by atoms with Crippen molar-refractivity contribution in [2.24, 2.45) is 0 Å². The van der Waals surface area contributed by atoms with Crippen LogP contribution in [0.2, 0.25) is 0 Å². The molecule has 7 heteroatoms. The number of Topliss-reactive ketones (excluding diaryl/α,β-unsaturated/α-hetero) is 1. The summed E-state index contributed by atoms with van der Waals surface area (Å²) in [4.78, 5) is 44.2. The average molecular weight is 493 g/mol. The van der Waals surface area contributed by atoms with Crippen molar-refractivity contribution in [2.45, 2.75) is 19.5 Å². The highest BCUT2D eigenvalue weighted by Gasteiger charge is 2.46. The first-order chi connectivity index (χ1) is 18.0. The second-order valence-electron chi connectivity index (χ2n) is 8.65. The van der Waals surface area contributed by atoms with Gasteiger partial charge in [-0.1, -0.05) is 54.6 Å². The molecule has 7 nitrogen and oxygen atoms in total. The van der Waals surface area contributed by atoms with Crippen LogP contribution in [0.4, 0.5) is 0 Å². The predicted octanol–water partition coefficient (Wildman–Crippen LogP) is 5.03. The Labute approximate surface area is 213 Å². The van der Waals surface area contributed by atoms with Crippen LogP contribution in [-0.2, 0) is 20.9 Å². The van der Waals surface area contributed by atoms with Gasteiger partial charge in [0.2, 0.25) is 0 Å². The summed E-state index contributed by atoms with van der Waals surface area (Å²) >= 11 is 0. The van der Waals surface area contributed by atoms with Crippen molar-refractivity contribution in [2.75, 3.05) is 6.61 Å². The van der Waals surface area contributed by atoms with Crippen molar-refractivity contribution in [1.29, 1.82) is 0 Å². The molecule has 1 N–H and O–H groups in total. The minimum atomic E-state index is -0.813. The molecule has 3 aromatic carbocycles. The summed E-state index contributed by atoms with van der Waals surface area (Å²) in [5.41, 5.74) is 2.28. The van der Waals surface area contributed by atoms with Gasteiger partial charge >= 0.3 is 5.97 Å². The van der Waals surface area contributed by atoms with Crippen molar-refractivity contribution >= 4 is 34.2 Å².